The summed E-state index contributed by atoms with van der Waals surface area (Å²) in [6, 6.07) is 12.7. The molecule has 31 heavy (non-hydrogen) atoms. The van der Waals surface area contributed by atoms with E-state index in [1.165, 1.54) is 6.07 Å². The number of hydrogen-bond acceptors (Lipinski definition) is 5. The Morgan fingerprint density at radius 1 is 1.03 bits per heavy atom. The number of carbonyl (C=O) groups excluding carboxylic acids is 2. The van der Waals surface area contributed by atoms with Crippen LogP contribution in [0.25, 0.3) is 11.4 Å². The van der Waals surface area contributed by atoms with Crippen molar-refractivity contribution in [1.29, 1.82) is 0 Å². The molecule has 162 valence electrons. The molecule has 3 rings (SSSR count). The molecule has 0 fully saturated rings. The number of benzene rings is 2. The summed E-state index contributed by atoms with van der Waals surface area (Å²) < 4.78 is 39.9. The van der Waals surface area contributed by atoms with E-state index in [2.05, 4.69) is 26.4 Å². The SMILES string of the molecule is Cn1c(SCC(=O)NNC(=O)Nc2cccc(C(F)(F)F)c2)nnc1-c1ccccc1. The average Bonchev–Trinajstić information content (AvgIpc) is 3.11. The van der Waals surface area contributed by atoms with Crippen LogP contribution in [0.1, 0.15) is 5.56 Å². The molecule has 8 nitrogen and oxygen atoms in total. The molecule has 0 unspecified atom stereocenters. The Morgan fingerprint density at radius 3 is 2.48 bits per heavy atom. The predicted octanol–water partition coefficient (Wildman–Crippen LogP) is 3.45. The number of nitrogens with one attached hydrogen (secondary N) is 3. The number of thioether (sulfide) groups is 1. The highest BCUT2D eigenvalue weighted by Crippen LogP contribution is 2.30. The molecule has 0 spiro atoms. The van der Waals surface area contributed by atoms with Crippen molar-refractivity contribution in [3.63, 3.8) is 0 Å². The van der Waals surface area contributed by atoms with Crippen molar-refractivity contribution in [2.24, 2.45) is 7.05 Å². The van der Waals surface area contributed by atoms with Gasteiger partial charge in [-0.3, -0.25) is 10.2 Å². The molecule has 12 heteroatoms. The molecule has 0 radical (unpaired) electrons. The normalized spacial score (nSPS) is 11.1. The van der Waals surface area contributed by atoms with E-state index in [1.54, 1.807) is 11.6 Å². The molecule has 0 aliphatic rings. The van der Waals surface area contributed by atoms with Crippen molar-refractivity contribution in [2.45, 2.75) is 11.3 Å². The first-order valence-electron chi connectivity index (χ1n) is 8.85. The Morgan fingerprint density at radius 2 is 1.77 bits per heavy atom. The second kappa shape index (κ2) is 9.51. The summed E-state index contributed by atoms with van der Waals surface area (Å²) in [5.41, 5.74) is 4.17. The van der Waals surface area contributed by atoms with Gasteiger partial charge in [0.1, 0.15) is 0 Å². The molecule has 0 atom stereocenters. The van der Waals surface area contributed by atoms with Crippen LogP contribution in [-0.4, -0.2) is 32.5 Å². The third kappa shape index (κ3) is 5.98. The van der Waals surface area contributed by atoms with Crippen molar-refractivity contribution in [3.8, 4) is 11.4 Å². The molecule has 0 saturated carbocycles. The zero-order chi connectivity index (χ0) is 22.4. The van der Waals surface area contributed by atoms with Gasteiger partial charge >= 0.3 is 12.2 Å². The number of hydrogen-bond donors (Lipinski definition) is 3. The molecular weight excluding hydrogens is 433 g/mol. The summed E-state index contributed by atoms with van der Waals surface area (Å²) in [5.74, 6) is 0.0421. The van der Waals surface area contributed by atoms with Gasteiger partial charge in [0.25, 0.3) is 0 Å². The van der Waals surface area contributed by atoms with Crippen LogP contribution in [0.2, 0.25) is 0 Å². The lowest BCUT2D eigenvalue weighted by Crippen LogP contribution is -2.44. The van der Waals surface area contributed by atoms with Crippen molar-refractivity contribution in [1.82, 2.24) is 25.6 Å². The molecule has 3 aromatic rings. The van der Waals surface area contributed by atoms with E-state index in [0.717, 1.165) is 35.5 Å². The van der Waals surface area contributed by atoms with Crippen molar-refractivity contribution < 1.29 is 22.8 Å². The number of halogens is 3. The highest BCUT2D eigenvalue weighted by Gasteiger charge is 2.30. The van der Waals surface area contributed by atoms with Crippen molar-refractivity contribution in [2.75, 3.05) is 11.1 Å². The third-order valence-electron chi connectivity index (χ3n) is 3.96. The largest absolute Gasteiger partial charge is 0.416 e. The van der Waals surface area contributed by atoms with E-state index in [9.17, 15) is 22.8 Å². The van der Waals surface area contributed by atoms with Crippen molar-refractivity contribution >= 4 is 29.4 Å². The van der Waals surface area contributed by atoms with Gasteiger partial charge in [-0.15, -0.1) is 10.2 Å². The van der Waals surface area contributed by atoms with Gasteiger partial charge in [-0.1, -0.05) is 48.2 Å². The van der Waals surface area contributed by atoms with Crippen LogP contribution in [0.15, 0.2) is 59.8 Å². The van der Waals surface area contributed by atoms with Crippen LogP contribution >= 0.6 is 11.8 Å². The average molecular weight is 450 g/mol. The minimum absolute atomic E-state index is 0.0649. The van der Waals surface area contributed by atoms with E-state index >= 15 is 0 Å². The summed E-state index contributed by atoms with van der Waals surface area (Å²) in [7, 11) is 1.77. The molecule has 2 aromatic carbocycles. The van der Waals surface area contributed by atoms with E-state index in [0.29, 0.717) is 11.0 Å². The Labute approximate surface area is 179 Å². The standard InChI is InChI=1S/C19H17F3N6O2S/c1-28-16(12-6-3-2-4-7-12)25-27-18(28)31-11-15(29)24-26-17(30)23-14-9-5-8-13(10-14)19(20,21)22/h2-10H,11H2,1H3,(H,24,29)(H2,23,26,30). The van der Waals surface area contributed by atoms with Crippen molar-refractivity contribution in [3.05, 3.63) is 60.2 Å². The fourth-order valence-corrected chi connectivity index (χ4v) is 3.22. The topological polar surface area (TPSA) is 101 Å². The Kier molecular flexibility index (Phi) is 6.80. The molecule has 3 N–H and O–H groups in total. The Hall–Kier alpha value is -3.54. The summed E-state index contributed by atoms with van der Waals surface area (Å²) in [5, 5.41) is 10.9. The summed E-state index contributed by atoms with van der Waals surface area (Å²) in [6.45, 7) is 0. The second-order valence-electron chi connectivity index (χ2n) is 6.23. The number of anilines is 1. The Balaban J connectivity index is 1.48. The minimum atomic E-state index is -4.53. The summed E-state index contributed by atoms with van der Waals surface area (Å²) in [4.78, 5) is 23.8. The number of amides is 3. The maximum atomic E-state index is 12.7. The van der Waals surface area contributed by atoms with Gasteiger partial charge in [0.2, 0.25) is 5.91 Å². The summed E-state index contributed by atoms with van der Waals surface area (Å²) >= 11 is 1.11. The fourth-order valence-electron chi connectivity index (χ4n) is 2.51. The van der Waals surface area contributed by atoms with E-state index in [1.807, 2.05) is 30.3 Å². The molecule has 0 saturated heterocycles. The van der Waals surface area contributed by atoms with Crippen LogP contribution in [0.4, 0.5) is 23.7 Å². The van der Waals surface area contributed by atoms with Gasteiger partial charge in [-0.25, -0.2) is 10.2 Å². The number of urea groups is 1. The first-order valence-corrected chi connectivity index (χ1v) is 9.83. The first kappa shape index (κ1) is 22.2. The fraction of sp³-hybridized carbons (Fsp3) is 0.158. The summed E-state index contributed by atoms with van der Waals surface area (Å²) in [6.07, 6.45) is -4.53. The smallest absolute Gasteiger partial charge is 0.307 e. The van der Waals surface area contributed by atoms with Gasteiger partial charge < -0.3 is 9.88 Å². The lowest BCUT2D eigenvalue weighted by atomic mass is 10.2. The highest BCUT2D eigenvalue weighted by atomic mass is 32.2. The van der Waals surface area contributed by atoms with Gasteiger partial charge in [-0.2, -0.15) is 13.2 Å². The maximum Gasteiger partial charge on any atom is 0.416 e. The van der Waals surface area contributed by atoms with Crippen LogP contribution in [0, 0.1) is 0 Å². The number of alkyl halides is 3. The Bertz CT molecular complexity index is 1070. The quantitative estimate of drug-likeness (QED) is 0.408. The zero-order valence-electron chi connectivity index (χ0n) is 16.1. The van der Waals surface area contributed by atoms with E-state index in [-0.39, 0.29) is 11.4 Å². The molecule has 0 bridgehead atoms. The first-order chi connectivity index (χ1) is 14.7. The highest BCUT2D eigenvalue weighted by molar-refractivity contribution is 7.99. The van der Waals surface area contributed by atoms with Gasteiger partial charge in [0, 0.05) is 18.3 Å². The van der Waals surface area contributed by atoms with Crippen LogP contribution in [-0.2, 0) is 18.0 Å². The number of rotatable bonds is 5. The van der Waals surface area contributed by atoms with E-state index < -0.39 is 23.7 Å². The molecule has 1 heterocycles. The van der Waals surface area contributed by atoms with Gasteiger partial charge in [0.15, 0.2) is 11.0 Å². The van der Waals surface area contributed by atoms with Crippen LogP contribution in [0.3, 0.4) is 0 Å². The number of aromatic nitrogens is 3. The lowest BCUT2D eigenvalue weighted by Gasteiger charge is -2.11. The van der Waals surface area contributed by atoms with Gasteiger partial charge in [-0.05, 0) is 18.2 Å². The molecule has 1 aromatic heterocycles. The predicted molar refractivity (Wildman–Crippen MR) is 109 cm³/mol. The minimum Gasteiger partial charge on any atom is -0.307 e. The molecule has 3 amide bonds. The van der Waals surface area contributed by atoms with Crippen LogP contribution < -0.4 is 16.2 Å². The molecule has 0 aliphatic carbocycles. The third-order valence-corrected chi connectivity index (χ3v) is 4.98. The van der Waals surface area contributed by atoms with Crippen LogP contribution in [0.5, 0.6) is 0 Å². The molecular formula is C19H17F3N6O2S. The lowest BCUT2D eigenvalue weighted by molar-refractivity contribution is -0.137. The molecule has 0 aliphatic heterocycles. The zero-order valence-corrected chi connectivity index (χ0v) is 16.9. The van der Waals surface area contributed by atoms with E-state index in [4.69, 9.17) is 0 Å². The number of carbonyl (C=O) groups is 2. The monoisotopic (exact) mass is 450 g/mol. The number of nitrogens with zero attached hydrogens (tertiary/aromatic N) is 3. The number of hydrazine groups is 1. The second-order valence-corrected chi connectivity index (χ2v) is 7.17. The maximum absolute atomic E-state index is 12.7. The van der Waals surface area contributed by atoms with Gasteiger partial charge in [0.05, 0.1) is 11.3 Å².